The summed E-state index contributed by atoms with van der Waals surface area (Å²) in [6.45, 7) is 0. The molecular weight excluding hydrogens is 136 g/mol. The van der Waals surface area contributed by atoms with Crippen molar-refractivity contribution in [3.63, 3.8) is 0 Å². The van der Waals surface area contributed by atoms with Gasteiger partial charge in [-0.3, -0.25) is 4.29 Å². The van der Waals surface area contributed by atoms with Crippen molar-refractivity contribution in [1.82, 2.24) is 0 Å². The molecular formula is C7H11ClO. The van der Waals surface area contributed by atoms with Gasteiger partial charge in [-0.15, -0.1) is 0 Å². The Labute approximate surface area is 60.5 Å². The Hall–Kier alpha value is 0.250. The molecule has 0 saturated heterocycles. The highest BCUT2D eigenvalue weighted by molar-refractivity contribution is 6.07. The van der Waals surface area contributed by atoms with Crippen LogP contribution in [0.3, 0.4) is 0 Å². The van der Waals surface area contributed by atoms with Gasteiger partial charge in [0.1, 0.15) is 0 Å². The Kier molecular flexibility index (Phi) is 1.24. The van der Waals surface area contributed by atoms with Crippen molar-refractivity contribution in [2.24, 2.45) is 5.92 Å². The lowest BCUT2D eigenvalue weighted by atomic mass is 9.98. The standard InChI is InChI=1S/C7H11ClO/c8-9-7-3-1-6(5-7)2-4-7/h6H,1-5H2. The Bertz CT molecular complexity index is 116. The van der Waals surface area contributed by atoms with Crippen molar-refractivity contribution in [2.75, 3.05) is 0 Å². The third kappa shape index (κ3) is 0.786. The molecule has 0 N–H and O–H groups in total. The van der Waals surface area contributed by atoms with Gasteiger partial charge in [0.25, 0.3) is 0 Å². The number of hydrogen-bond donors (Lipinski definition) is 0. The zero-order valence-electron chi connectivity index (χ0n) is 5.40. The van der Waals surface area contributed by atoms with Gasteiger partial charge in [0.15, 0.2) is 0 Å². The summed E-state index contributed by atoms with van der Waals surface area (Å²) in [6.07, 6.45) is 6.29. The van der Waals surface area contributed by atoms with Crippen LogP contribution >= 0.6 is 11.9 Å². The first-order valence-electron chi connectivity index (χ1n) is 3.64. The molecule has 0 spiro atoms. The fourth-order valence-corrected chi connectivity index (χ4v) is 2.46. The first-order chi connectivity index (χ1) is 4.35. The van der Waals surface area contributed by atoms with Crippen LogP contribution in [0.4, 0.5) is 0 Å². The first-order valence-corrected chi connectivity index (χ1v) is 3.95. The molecule has 52 valence electrons. The maximum Gasteiger partial charge on any atom is 0.0900 e. The van der Waals surface area contributed by atoms with E-state index in [9.17, 15) is 0 Å². The Morgan fingerprint density at radius 3 is 2.22 bits per heavy atom. The fraction of sp³-hybridized carbons (Fsp3) is 1.00. The molecule has 0 heterocycles. The van der Waals surface area contributed by atoms with Crippen LogP contribution in [-0.4, -0.2) is 5.60 Å². The van der Waals surface area contributed by atoms with Crippen molar-refractivity contribution in [3.8, 4) is 0 Å². The Morgan fingerprint density at radius 1 is 1.33 bits per heavy atom. The second-order valence-electron chi connectivity index (χ2n) is 3.41. The predicted molar refractivity (Wildman–Crippen MR) is 36.2 cm³/mol. The molecule has 0 aromatic rings. The summed E-state index contributed by atoms with van der Waals surface area (Å²) in [5.74, 6) is 0.934. The van der Waals surface area contributed by atoms with Gasteiger partial charge >= 0.3 is 0 Å². The number of halogens is 1. The molecule has 2 aliphatic carbocycles. The summed E-state index contributed by atoms with van der Waals surface area (Å²) in [7, 11) is 0. The monoisotopic (exact) mass is 146 g/mol. The van der Waals surface area contributed by atoms with E-state index in [0.717, 1.165) is 5.92 Å². The van der Waals surface area contributed by atoms with Crippen molar-refractivity contribution < 1.29 is 4.29 Å². The average Bonchev–Trinajstić information content (AvgIpc) is 2.46. The maximum absolute atomic E-state index is 5.39. The van der Waals surface area contributed by atoms with Gasteiger partial charge in [-0.2, -0.15) is 0 Å². The molecule has 0 aromatic heterocycles. The van der Waals surface area contributed by atoms with E-state index in [0.29, 0.717) is 0 Å². The van der Waals surface area contributed by atoms with Crippen LogP contribution in [0.15, 0.2) is 0 Å². The molecule has 0 radical (unpaired) electrons. The Morgan fingerprint density at radius 2 is 2.00 bits per heavy atom. The number of rotatable bonds is 1. The molecule has 0 aromatic carbocycles. The van der Waals surface area contributed by atoms with E-state index >= 15 is 0 Å². The van der Waals surface area contributed by atoms with Gasteiger partial charge < -0.3 is 0 Å². The van der Waals surface area contributed by atoms with Crippen LogP contribution in [0.1, 0.15) is 32.1 Å². The molecule has 2 heteroatoms. The molecule has 9 heavy (non-hydrogen) atoms. The van der Waals surface area contributed by atoms with Crippen LogP contribution in [0.5, 0.6) is 0 Å². The molecule has 2 aliphatic rings. The minimum Gasteiger partial charge on any atom is -0.273 e. The maximum atomic E-state index is 5.39. The highest BCUT2D eigenvalue weighted by Gasteiger charge is 2.45. The molecule has 2 saturated carbocycles. The Balaban J connectivity index is 2.13. The molecule has 0 unspecified atom stereocenters. The summed E-state index contributed by atoms with van der Waals surface area (Å²) in [5.41, 5.74) is 0.117. The topological polar surface area (TPSA) is 9.23 Å². The SMILES string of the molecule is ClOC12CCC(CC1)C2. The largest absolute Gasteiger partial charge is 0.273 e. The van der Waals surface area contributed by atoms with Crippen LogP contribution < -0.4 is 0 Å². The summed E-state index contributed by atoms with van der Waals surface area (Å²) < 4.78 is 4.96. The van der Waals surface area contributed by atoms with E-state index in [4.69, 9.17) is 16.2 Å². The van der Waals surface area contributed by atoms with Crippen molar-refractivity contribution >= 4 is 11.9 Å². The average molecular weight is 147 g/mol. The predicted octanol–water partition coefficient (Wildman–Crippen LogP) is 2.49. The summed E-state index contributed by atoms with van der Waals surface area (Å²) in [4.78, 5) is 0. The molecule has 2 rings (SSSR count). The third-order valence-corrected chi connectivity index (χ3v) is 3.17. The normalized spacial score (nSPS) is 48.3. The molecule has 0 aliphatic heterocycles. The fourth-order valence-electron chi connectivity index (χ4n) is 2.25. The molecule has 0 atom stereocenters. The quantitative estimate of drug-likeness (QED) is 0.552. The van der Waals surface area contributed by atoms with Crippen LogP contribution in [0, 0.1) is 5.92 Å². The van der Waals surface area contributed by atoms with Crippen LogP contribution in [-0.2, 0) is 4.29 Å². The van der Waals surface area contributed by atoms with Gasteiger partial charge in [0, 0.05) is 0 Å². The highest BCUT2D eigenvalue weighted by atomic mass is 35.5. The molecule has 1 nitrogen and oxygen atoms in total. The zero-order valence-corrected chi connectivity index (χ0v) is 6.16. The van der Waals surface area contributed by atoms with Gasteiger partial charge in [0.05, 0.1) is 17.5 Å². The second-order valence-corrected chi connectivity index (χ2v) is 3.56. The van der Waals surface area contributed by atoms with Crippen LogP contribution in [0.2, 0.25) is 0 Å². The molecule has 0 amide bonds. The van der Waals surface area contributed by atoms with E-state index in [1.807, 2.05) is 0 Å². The van der Waals surface area contributed by atoms with Crippen molar-refractivity contribution in [2.45, 2.75) is 37.7 Å². The second kappa shape index (κ2) is 1.86. The van der Waals surface area contributed by atoms with Gasteiger partial charge in [-0.05, 0) is 38.0 Å². The first kappa shape index (κ1) is 5.99. The molecule has 2 fully saturated rings. The lowest BCUT2D eigenvalue weighted by Gasteiger charge is -2.21. The van der Waals surface area contributed by atoms with Gasteiger partial charge in [0.2, 0.25) is 0 Å². The van der Waals surface area contributed by atoms with Crippen molar-refractivity contribution in [3.05, 3.63) is 0 Å². The number of fused-ring (bicyclic) bond motifs is 2. The molecule has 2 bridgehead atoms. The highest BCUT2D eigenvalue weighted by Crippen LogP contribution is 2.50. The van der Waals surface area contributed by atoms with E-state index in [1.165, 1.54) is 32.1 Å². The zero-order chi connectivity index (χ0) is 6.32. The summed E-state index contributed by atoms with van der Waals surface area (Å²) in [6, 6.07) is 0. The van der Waals surface area contributed by atoms with E-state index < -0.39 is 0 Å². The third-order valence-electron chi connectivity index (χ3n) is 2.84. The van der Waals surface area contributed by atoms with E-state index in [1.54, 1.807) is 0 Å². The van der Waals surface area contributed by atoms with Crippen molar-refractivity contribution in [1.29, 1.82) is 0 Å². The smallest absolute Gasteiger partial charge is 0.0900 e. The summed E-state index contributed by atoms with van der Waals surface area (Å²) >= 11 is 5.39. The summed E-state index contributed by atoms with van der Waals surface area (Å²) in [5, 5.41) is 0. The lowest BCUT2D eigenvalue weighted by molar-refractivity contribution is 0.0938. The van der Waals surface area contributed by atoms with Gasteiger partial charge in [-0.25, -0.2) is 0 Å². The number of hydrogen-bond acceptors (Lipinski definition) is 1. The van der Waals surface area contributed by atoms with Gasteiger partial charge in [-0.1, -0.05) is 0 Å². The van der Waals surface area contributed by atoms with Crippen LogP contribution in [0.25, 0.3) is 0 Å². The van der Waals surface area contributed by atoms with E-state index in [2.05, 4.69) is 0 Å². The lowest BCUT2D eigenvalue weighted by Crippen LogP contribution is -2.21. The minimum absolute atomic E-state index is 0.117. The van der Waals surface area contributed by atoms with E-state index in [-0.39, 0.29) is 5.60 Å². The minimum atomic E-state index is 0.117.